The highest BCUT2D eigenvalue weighted by Gasteiger charge is 2.22. The summed E-state index contributed by atoms with van der Waals surface area (Å²) in [5.74, 6) is 0.605. The first-order chi connectivity index (χ1) is 7.36. The van der Waals surface area contributed by atoms with Crippen LogP contribution in [0.15, 0.2) is 17.5 Å². The van der Waals surface area contributed by atoms with Crippen LogP contribution in [0.3, 0.4) is 0 Å². The molecule has 0 amide bonds. The van der Waals surface area contributed by atoms with Crippen molar-refractivity contribution in [2.24, 2.45) is 5.92 Å². The van der Waals surface area contributed by atoms with Crippen molar-refractivity contribution in [3.63, 3.8) is 0 Å². The molecule has 1 aromatic heterocycles. The first kappa shape index (κ1) is 11.2. The Labute approximate surface area is 96.1 Å². The number of hydrogen-bond donors (Lipinski definition) is 1. The predicted molar refractivity (Wildman–Crippen MR) is 65.2 cm³/mol. The average molecular weight is 224 g/mol. The Bertz CT molecular complexity index is 262. The zero-order chi connectivity index (χ0) is 10.5. The van der Waals surface area contributed by atoms with E-state index in [9.17, 15) is 5.11 Å². The minimum absolute atomic E-state index is 0.0348. The Balaban J connectivity index is 1.64. The molecule has 84 valence electrons. The van der Waals surface area contributed by atoms with Crippen molar-refractivity contribution in [2.45, 2.75) is 51.0 Å². The second-order valence-electron chi connectivity index (χ2n) is 4.58. The van der Waals surface area contributed by atoms with E-state index in [4.69, 9.17) is 0 Å². The van der Waals surface area contributed by atoms with Crippen LogP contribution in [-0.4, -0.2) is 11.2 Å². The molecule has 1 fully saturated rings. The summed E-state index contributed by atoms with van der Waals surface area (Å²) in [5.41, 5.74) is 0. The van der Waals surface area contributed by atoms with E-state index in [1.54, 1.807) is 0 Å². The van der Waals surface area contributed by atoms with Gasteiger partial charge in [-0.15, -0.1) is 11.3 Å². The van der Waals surface area contributed by atoms with Crippen molar-refractivity contribution >= 4 is 11.3 Å². The van der Waals surface area contributed by atoms with E-state index >= 15 is 0 Å². The standard InChI is InChI=1S/C13H20OS/c14-13(11-5-1-2-6-11)9-3-7-12-8-4-10-15-12/h4,8,10-11,13-14H,1-3,5-7,9H2. The predicted octanol–water partition coefficient (Wildman–Crippen LogP) is 3.62. The SMILES string of the molecule is OC(CCCc1cccs1)C1CCCC1. The molecule has 0 aromatic carbocycles. The van der Waals surface area contributed by atoms with Gasteiger partial charge in [0.1, 0.15) is 0 Å². The molecule has 1 atom stereocenters. The number of hydrogen-bond acceptors (Lipinski definition) is 2. The third-order valence-electron chi connectivity index (χ3n) is 3.45. The molecule has 1 N–H and O–H groups in total. The van der Waals surface area contributed by atoms with Crippen molar-refractivity contribution in [3.05, 3.63) is 22.4 Å². The zero-order valence-corrected chi connectivity index (χ0v) is 10.0. The Morgan fingerprint density at radius 1 is 1.40 bits per heavy atom. The Morgan fingerprint density at radius 2 is 2.20 bits per heavy atom. The second kappa shape index (κ2) is 5.66. The molecule has 0 spiro atoms. The van der Waals surface area contributed by atoms with E-state index < -0.39 is 0 Å². The van der Waals surface area contributed by atoms with Crippen LogP contribution in [0.1, 0.15) is 43.4 Å². The molecule has 15 heavy (non-hydrogen) atoms. The van der Waals surface area contributed by atoms with E-state index in [2.05, 4.69) is 17.5 Å². The summed E-state index contributed by atoms with van der Waals surface area (Å²) in [5, 5.41) is 12.1. The van der Waals surface area contributed by atoms with Crippen molar-refractivity contribution in [3.8, 4) is 0 Å². The van der Waals surface area contributed by atoms with Gasteiger partial charge in [-0.25, -0.2) is 0 Å². The van der Waals surface area contributed by atoms with Gasteiger partial charge < -0.3 is 5.11 Å². The van der Waals surface area contributed by atoms with E-state index in [1.807, 2.05) is 11.3 Å². The minimum Gasteiger partial charge on any atom is -0.393 e. The summed E-state index contributed by atoms with van der Waals surface area (Å²) in [6.07, 6.45) is 8.38. The van der Waals surface area contributed by atoms with Crippen molar-refractivity contribution < 1.29 is 5.11 Å². The normalized spacial score (nSPS) is 19.5. The molecule has 2 rings (SSSR count). The fraction of sp³-hybridized carbons (Fsp3) is 0.692. The molecule has 0 bridgehead atoms. The van der Waals surface area contributed by atoms with Crippen LogP contribution >= 0.6 is 11.3 Å². The summed E-state index contributed by atoms with van der Waals surface area (Å²) >= 11 is 1.83. The van der Waals surface area contributed by atoms with E-state index in [0.29, 0.717) is 5.92 Å². The Hall–Kier alpha value is -0.340. The zero-order valence-electron chi connectivity index (χ0n) is 9.19. The van der Waals surface area contributed by atoms with Crippen LogP contribution < -0.4 is 0 Å². The van der Waals surface area contributed by atoms with E-state index in [-0.39, 0.29) is 6.10 Å². The van der Waals surface area contributed by atoms with Gasteiger partial charge in [0, 0.05) is 4.88 Å². The average Bonchev–Trinajstić information content (AvgIpc) is 2.90. The lowest BCUT2D eigenvalue weighted by molar-refractivity contribution is 0.0999. The smallest absolute Gasteiger partial charge is 0.0568 e. The van der Waals surface area contributed by atoms with Crippen LogP contribution in [-0.2, 0) is 6.42 Å². The van der Waals surface area contributed by atoms with Gasteiger partial charge in [0.15, 0.2) is 0 Å². The number of aliphatic hydroxyl groups excluding tert-OH is 1. The Morgan fingerprint density at radius 3 is 2.87 bits per heavy atom. The molecule has 1 aromatic rings. The second-order valence-corrected chi connectivity index (χ2v) is 5.62. The van der Waals surface area contributed by atoms with Gasteiger partial charge in [0.25, 0.3) is 0 Å². The third-order valence-corrected chi connectivity index (χ3v) is 4.38. The van der Waals surface area contributed by atoms with Gasteiger partial charge >= 0.3 is 0 Å². The van der Waals surface area contributed by atoms with Gasteiger partial charge in [-0.1, -0.05) is 18.9 Å². The summed E-state index contributed by atoms with van der Waals surface area (Å²) in [6, 6.07) is 4.29. The summed E-state index contributed by atoms with van der Waals surface area (Å²) < 4.78 is 0. The molecule has 1 unspecified atom stereocenters. The monoisotopic (exact) mass is 224 g/mol. The van der Waals surface area contributed by atoms with Crippen LogP contribution in [0.5, 0.6) is 0 Å². The van der Waals surface area contributed by atoms with Gasteiger partial charge in [0.05, 0.1) is 6.10 Å². The van der Waals surface area contributed by atoms with Gasteiger partial charge in [0.2, 0.25) is 0 Å². The fourth-order valence-corrected chi connectivity index (χ4v) is 3.27. The molecule has 0 aliphatic heterocycles. The van der Waals surface area contributed by atoms with Crippen molar-refractivity contribution in [2.75, 3.05) is 0 Å². The van der Waals surface area contributed by atoms with Gasteiger partial charge in [-0.05, 0) is 49.5 Å². The number of aliphatic hydroxyl groups is 1. The van der Waals surface area contributed by atoms with Gasteiger partial charge in [-0.3, -0.25) is 0 Å². The highest BCUT2D eigenvalue weighted by Crippen LogP contribution is 2.29. The molecule has 1 heterocycles. The number of thiophene rings is 1. The molecule has 0 radical (unpaired) electrons. The molecule has 1 aliphatic rings. The van der Waals surface area contributed by atoms with Crippen LogP contribution in [0.4, 0.5) is 0 Å². The maximum Gasteiger partial charge on any atom is 0.0568 e. The number of aryl methyl sites for hydroxylation is 1. The lowest BCUT2D eigenvalue weighted by Gasteiger charge is -2.16. The van der Waals surface area contributed by atoms with Crippen LogP contribution in [0.25, 0.3) is 0 Å². The molecule has 1 saturated carbocycles. The van der Waals surface area contributed by atoms with Crippen LogP contribution in [0.2, 0.25) is 0 Å². The van der Waals surface area contributed by atoms with Gasteiger partial charge in [-0.2, -0.15) is 0 Å². The topological polar surface area (TPSA) is 20.2 Å². The highest BCUT2D eigenvalue weighted by molar-refractivity contribution is 7.09. The summed E-state index contributed by atoms with van der Waals surface area (Å²) in [4.78, 5) is 1.45. The lowest BCUT2D eigenvalue weighted by atomic mass is 9.96. The van der Waals surface area contributed by atoms with Crippen molar-refractivity contribution in [1.29, 1.82) is 0 Å². The maximum atomic E-state index is 9.98. The van der Waals surface area contributed by atoms with Crippen LogP contribution in [0, 0.1) is 5.92 Å². The molecular weight excluding hydrogens is 204 g/mol. The Kier molecular flexibility index (Phi) is 4.21. The van der Waals surface area contributed by atoms with Crippen molar-refractivity contribution in [1.82, 2.24) is 0 Å². The lowest BCUT2D eigenvalue weighted by Crippen LogP contribution is -2.17. The van der Waals surface area contributed by atoms with E-state index in [1.165, 1.54) is 30.6 Å². The molecule has 1 nitrogen and oxygen atoms in total. The largest absolute Gasteiger partial charge is 0.393 e. The maximum absolute atomic E-state index is 9.98. The first-order valence-electron chi connectivity index (χ1n) is 6.06. The van der Waals surface area contributed by atoms with E-state index in [0.717, 1.165) is 19.3 Å². The molecule has 2 heteroatoms. The third kappa shape index (κ3) is 3.32. The summed E-state index contributed by atoms with van der Waals surface area (Å²) in [6.45, 7) is 0. The molecule has 0 saturated heterocycles. The molecular formula is C13H20OS. The quantitative estimate of drug-likeness (QED) is 0.810. The minimum atomic E-state index is -0.0348. The fourth-order valence-electron chi connectivity index (χ4n) is 2.52. The highest BCUT2D eigenvalue weighted by atomic mass is 32.1. The summed E-state index contributed by atoms with van der Waals surface area (Å²) in [7, 11) is 0. The first-order valence-corrected chi connectivity index (χ1v) is 6.94. The number of rotatable bonds is 5. The molecule has 1 aliphatic carbocycles.